The van der Waals surface area contributed by atoms with Gasteiger partial charge in [0.05, 0.1) is 5.56 Å². The normalized spacial score (nSPS) is 18.0. The summed E-state index contributed by atoms with van der Waals surface area (Å²) in [4.78, 5) is 12.4. The molecule has 0 spiro atoms. The molecule has 2 aliphatic rings. The van der Waals surface area contributed by atoms with Crippen molar-refractivity contribution in [3.05, 3.63) is 33.9 Å². The van der Waals surface area contributed by atoms with Crippen molar-refractivity contribution in [3.63, 3.8) is 0 Å². The highest BCUT2D eigenvalue weighted by atomic mass is 35.5. The summed E-state index contributed by atoms with van der Waals surface area (Å²) in [5.74, 6) is -6.81. The van der Waals surface area contributed by atoms with Gasteiger partial charge in [-0.2, -0.15) is 8.78 Å². The van der Waals surface area contributed by atoms with Crippen LogP contribution in [0.2, 0.25) is 0 Å². The van der Waals surface area contributed by atoms with Crippen molar-refractivity contribution in [2.24, 2.45) is 0 Å². The number of rotatable bonds is 2. The Hall–Kier alpha value is -2.58. The number of fused-ring (bicyclic) bond motifs is 2. The third-order valence-electron chi connectivity index (χ3n) is 5.70. The number of carbonyl (C=O) groups is 1. The summed E-state index contributed by atoms with van der Waals surface area (Å²) >= 11 is 0. The lowest BCUT2D eigenvalue weighted by atomic mass is 9.84. The zero-order valence-electron chi connectivity index (χ0n) is 15.5. The lowest BCUT2D eigenvalue weighted by Gasteiger charge is -2.29. The summed E-state index contributed by atoms with van der Waals surface area (Å²) in [5, 5.41) is 44.2. The fraction of sp³-hybridized carbons (Fsp3) is 0.350. The number of hydrogen-bond donors (Lipinski definition) is 5. The molecule has 1 saturated heterocycles. The third-order valence-corrected chi connectivity index (χ3v) is 5.70. The molecule has 2 aromatic carbocycles. The molecule has 0 amide bonds. The largest absolute Gasteiger partial charge is 0.505 e. The van der Waals surface area contributed by atoms with Crippen molar-refractivity contribution < 1.29 is 34.0 Å². The van der Waals surface area contributed by atoms with E-state index >= 15 is 0 Å². The maximum atomic E-state index is 14.5. The van der Waals surface area contributed by atoms with Gasteiger partial charge in [0, 0.05) is 29.2 Å². The highest BCUT2D eigenvalue weighted by Gasteiger charge is 2.39. The topological polar surface area (TPSA) is 110 Å². The Morgan fingerprint density at radius 3 is 2.14 bits per heavy atom. The summed E-state index contributed by atoms with van der Waals surface area (Å²) in [5.41, 5.74) is -0.204. The Kier molecular flexibility index (Phi) is 5.36. The van der Waals surface area contributed by atoms with Gasteiger partial charge in [-0.3, -0.25) is 4.79 Å². The van der Waals surface area contributed by atoms with E-state index < -0.39 is 46.0 Å². The Balaban J connectivity index is 0.00000240. The number of Topliss-reactive ketones (excluding diaryl/α,β-unsaturated/α-hetero) is 1. The maximum absolute atomic E-state index is 14.5. The standard InChI is InChI=1S/C20H19F2NO5.ClH/c1-7-11(9-4-2-3-5-23-9)14(20(28)15(21)17(7)25)12-8-6-10(24)13(12)19(27)16(22)18(8)26;/h9,23,25-28H,2-6H2,1H3;1H. The Morgan fingerprint density at radius 2 is 1.52 bits per heavy atom. The molecule has 1 fully saturated rings. The molecule has 2 aromatic rings. The molecule has 0 radical (unpaired) electrons. The number of ketones is 1. The second kappa shape index (κ2) is 7.35. The van der Waals surface area contributed by atoms with E-state index in [9.17, 15) is 34.0 Å². The molecule has 1 unspecified atom stereocenters. The van der Waals surface area contributed by atoms with Crippen LogP contribution in [0.1, 0.15) is 52.4 Å². The predicted molar refractivity (Wildman–Crippen MR) is 103 cm³/mol. The Bertz CT molecular complexity index is 1030. The molecular weight excluding hydrogens is 408 g/mol. The molecule has 0 aromatic heterocycles. The maximum Gasteiger partial charge on any atom is 0.207 e. The third kappa shape index (κ3) is 2.89. The van der Waals surface area contributed by atoms with Gasteiger partial charge >= 0.3 is 0 Å². The van der Waals surface area contributed by atoms with Crippen LogP contribution in [0, 0.1) is 18.6 Å². The van der Waals surface area contributed by atoms with Gasteiger partial charge in [0.2, 0.25) is 11.6 Å². The van der Waals surface area contributed by atoms with Crippen LogP contribution in [0.3, 0.4) is 0 Å². The summed E-state index contributed by atoms with van der Waals surface area (Å²) in [6.07, 6.45) is 2.04. The van der Waals surface area contributed by atoms with E-state index in [1.54, 1.807) is 0 Å². The minimum Gasteiger partial charge on any atom is -0.505 e. The Labute approximate surface area is 171 Å². The van der Waals surface area contributed by atoms with Gasteiger partial charge in [-0.15, -0.1) is 12.4 Å². The number of benzene rings is 2. The first kappa shape index (κ1) is 21.1. The SMILES string of the molecule is Cc1c(O)c(F)c(O)c(-c2c3c(O)c(F)c(O)c2C(=O)C3)c1C1CCCCN1.Cl. The first-order chi connectivity index (χ1) is 13.3. The van der Waals surface area contributed by atoms with Gasteiger partial charge < -0.3 is 25.7 Å². The summed E-state index contributed by atoms with van der Waals surface area (Å²) in [7, 11) is 0. The molecule has 29 heavy (non-hydrogen) atoms. The number of aromatic hydroxyl groups is 4. The van der Waals surface area contributed by atoms with Gasteiger partial charge in [0.1, 0.15) is 0 Å². The molecule has 4 rings (SSSR count). The number of piperidine rings is 1. The lowest BCUT2D eigenvalue weighted by Crippen LogP contribution is -2.28. The Morgan fingerprint density at radius 1 is 0.897 bits per heavy atom. The van der Waals surface area contributed by atoms with Crippen LogP contribution < -0.4 is 5.32 Å². The molecule has 1 atom stereocenters. The molecule has 9 heteroatoms. The first-order valence-corrected chi connectivity index (χ1v) is 9.02. The molecular formula is C20H20ClF2NO5. The lowest BCUT2D eigenvalue weighted by molar-refractivity contribution is 0.0997. The van der Waals surface area contributed by atoms with Gasteiger partial charge in [-0.1, -0.05) is 6.42 Å². The minimum absolute atomic E-state index is 0. The van der Waals surface area contributed by atoms with Crippen molar-refractivity contribution >= 4 is 18.2 Å². The number of carbonyl (C=O) groups excluding carboxylic acids is 1. The van der Waals surface area contributed by atoms with Crippen molar-refractivity contribution in [2.75, 3.05) is 6.54 Å². The summed E-state index contributed by atoms with van der Waals surface area (Å²) in [6, 6.07) is -0.357. The molecule has 6 nitrogen and oxygen atoms in total. The fourth-order valence-corrected chi connectivity index (χ4v) is 4.33. The molecule has 1 heterocycles. The van der Waals surface area contributed by atoms with Crippen molar-refractivity contribution in [2.45, 2.75) is 38.6 Å². The predicted octanol–water partition coefficient (Wildman–Crippen LogP) is 3.74. The van der Waals surface area contributed by atoms with E-state index in [0.29, 0.717) is 18.5 Å². The second-order valence-electron chi connectivity index (χ2n) is 7.27. The average Bonchev–Trinajstić information content (AvgIpc) is 3.00. The zero-order valence-corrected chi connectivity index (χ0v) is 16.3. The van der Waals surface area contributed by atoms with Gasteiger partial charge in [-0.05, 0) is 37.4 Å². The van der Waals surface area contributed by atoms with Crippen LogP contribution in [0.4, 0.5) is 8.78 Å². The first-order valence-electron chi connectivity index (χ1n) is 9.02. The van der Waals surface area contributed by atoms with Crippen LogP contribution in [-0.4, -0.2) is 32.8 Å². The highest BCUT2D eigenvalue weighted by molar-refractivity contribution is 6.13. The van der Waals surface area contributed by atoms with Crippen molar-refractivity contribution in [3.8, 4) is 34.1 Å². The van der Waals surface area contributed by atoms with Gasteiger partial charge in [0.25, 0.3) is 0 Å². The average molecular weight is 428 g/mol. The molecule has 1 aliphatic heterocycles. The van der Waals surface area contributed by atoms with E-state index in [2.05, 4.69) is 5.32 Å². The van der Waals surface area contributed by atoms with Crippen LogP contribution in [0.5, 0.6) is 23.0 Å². The minimum atomic E-state index is -1.33. The number of phenolic OH excluding ortho intramolecular Hbond substituents is 4. The van der Waals surface area contributed by atoms with Crippen LogP contribution in [-0.2, 0) is 6.42 Å². The van der Waals surface area contributed by atoms with E-state index in [-0.39, 0.29) is 47.1 Å². The zero-order chi connectivity index (χ0) is 20.3. The molecule has 0 saturated carbocycles. The molecule has 1 aliphatic carbocycles. The van der Waals surface area contributed by atoms with Crippen LogP contribution in [0.25, 0.3) is 11.1 Å². The van der Waals surface area contributed by atoms with Crippen LogP contribution >= 0.6 is 12.4 Å². The number of hydrogen-bond acceptors (Lipinski definition) is 6. The van der Waals surface area contributed by atoms with E-state index in [4.69, 9.17) is 0 Å². The van der Waals surface area contributed by atoms with Crippen LogP contribution in [0.15, 0.2) is 0 Å². The molecule has 2 bridgehead atoms. The molecule has 156 valence electrons. The number of phenols is 4. The number of halogens is 3. The van der Waals surface area contributed by atoms with Crippen molar-refractivity contribution in [1.29, 1.82) is 0 Å². The second-order valence-corrected chi connectivity index (χ2v) is 7.27. The smallest absolute Gasteiger partial charge is 0.207 e. The highest BCUT2D eigenvalue weighted by Crippen LogP contribution is 2.53. The fourth-order valence-electron chi connectivity index (χ4n) is 4.33. The quantitative estimate of drug-likeness (QED) is 0.499. The van der Waals surface area contributed by atoms with Gasteiger partial charge in [-0.25, -0.2) is 0 Å². The number of nitrogens with one attached hydrogen (secondary N) is 1. The summed E-state index contributed by atoms with van der Waals surface area (Å²) < 4.78 is 28.6. The molecule has 5 N–H and O–H groups in total. The van der Waals surface area contributed by atoms with Gasteiger partial charge in [0.15, 0.2) is 28.8 Å². The van der Waals surface area contributed by atoms with E-state index in [0.717, 1.165) is 12.8 Å². The van der Waals surface area contributed by atoms with E-state index in [1.807, 2.05) is 0 Å². The summed E-state index contributed by atoms with van der Waals surface area (Å²) in [6.45, 7) is 2.15. The monoisotopic (exact) mass is 427 g/mol. The van der Waals surface area contributed by atoms with E-state index in [1.165, 1.54) is 6.92 Å². The van der Waals surface area contributed by atoms with Crippen molar-refractivity contribution in [1.82, 2.24) is 5.32 Å².